The minimum Gasteiger partial charge on any atom is -0.394 e. The predicted octanol–water partition coefficient (Wildman–Crippen LogP) is 2.16. The highest BCUT2D eigenvalue weighted by atomic mass is 16.3. The second kappa shape index (κ2) is 5.86. The summed E-state index contributed by atoms with van der Waals surface area (Å²) in [7, 11) is 0. The summed E-state index contributed by atoms with van der Waals surface area (Å²) in [6.07, 6.45) is 3.98. The molecule has 0 bridgehead atoms. The average Bonchev–Trinajstić information content (AvgIpc) is 2.92. The van der Waals surface area contributed by atoms with E-state index in [1.54, 1.807) is 0 Å². The Kier molecular flexibility index (Phi) is 3.76. The summed E-state index contributed by atoms with van der Waals surface area (Å²) >= 11 is 0. The number of nitrogens with one attached hydrogen (secondary N) is 1. The van der Waals surface area contributed by atoms with Crippen LogP contribution in [-0.2, 0) is 6.54 Å². The first-order chi connectivity index (χ1) is 9.86. The summed E-state index contributed by atoms with van der Waals surface area (Å²) in [4.78, 5) is 4.53. The first kappa shape index (κ1) is 12.8. The zero-order chi connectivity index (χ0) is 13.8. The molecule has 0 aliphatic rings. The lowest BCUT2D eigenvalue weighted by Crippen LogP contribution is -2.24. The van der Waals surface area contributed by atoms with E-state index in [-0.39, 0.29) is 12.6 Å². The fourth-order valence-corrected chi connectivity index (χ4v) is 2.27. The average molecular weight is 267 g/mol. The van der Waals surface area contributed by atoms with E-state index in [4.69, 9.17) is 0 Å². The Hall–Kier alpha value is -2.17. The first-order valence-electron chi connectivity index (χ1n) is 6.68. The Labute approximate surface area is 117 Å². The Morgan fingerprint density at radius 3 is 2.65 bits per heavy atom. The molecule has 0 saturated heterocycles. The lowest BCUT2D eigenvalue weighted by molar-refractivity contribution is 0.243. The molecule has 4 nitrogen and oxygen atoms in total. The molecule has 3 aromatic rings. The van der Waals surface area contributed by atoms with Gasteiger partial charge in [0.05, 0.1) is 18.3 Å². The number of hydrogen-bond acceptors (Lipinski definition) is 3. The van der Waals surface area contributed by atoms with Gasteiger partial charge in [-0.1, -0.05) is 36.4 Å². The van der Waals surface area contributed by atoms with Crippen molar-refractivity contribution >= 4 is 5.65 Å². The van der Waals surface area contributed by atoms with Crippen molar-refractivity contribution in [3.63, 3.8) is 0 Å². The van der Waals surface area contributed by atoms with Crippen LogP contribution >= 0.6 is 0 Å². The van der Waals surface area contributed by atoms with Gasteiger partial charge in [0.1, 0.15) is 5.65 Å². The second-order valence-corrected chi connectivity index (χ2v) is 4.73. The lowest BCUT2D eigenvalue weighted by atomic mass is 10.1. The highest BCUT2D eigenvalue weighted by molar-refractivity contribution is 5.39. The van der Waals surface area contributed by atoms with Crippen LogP contribution in [-0.4, -0.2) is 21.1 Å². The molecule has 0 amide bonds. The van der Waals surface area contributed by atoms with E-state index in [9.17, 15) is 5.11 Å². The summed E-state index contributed by atoms with van der Waals surface area (Å²) in [5.41, 5.74) is 2.98. The van der Waals surface area contributed by atoms with Gasteiger partial charge in [-0.2, -0.15) is 0 Å². The third-order valence-corrected chi connectivity index (χ3v) is 3.33. The molecular formula is C16H17N3O. The van der Waals surface area contributed by atoms with Gasteiger partial charge in [0, 0.05) is 18.9 Å². The van der Waals surface area contributed by atoms with Crippen LogP contribution in [0.1, 0.15) is 17.3 Å². The minimum atomic E-state index is -0.0685. The third kappa shape index (κ3) is 2.71. The molecule has 1 atom stereocenters. The number of fused-ring (bicyclic) bond motifs is 1. The third-order valence-electron chi connectivity index (χ3n) is 3.33. The molecule has 0 aliphatic carbocycles. The maximum Gasteiger partial charge on any atom is 0.137 e. The number of aliphatic hydroxyl groups excluding tert-OH is 1. The van der Waals surface area contributed by atoms with E-state index in [1.807, 2.05) is 65.3 Å². The first-order valence-corrected chi connectivity index (χ1v) is 6.68. The van der Waals surface area contributed by atoms with Gasteiger partial charge < -0.3 is 14.8 Å². The van der Waals surface area contributed by atoms with E-state index in [2.05, 4.69) is 10.3 Å². The predicted molar refractivity (Wildman–Crippen MR) is 78.3 cm³/mol. The monoisotopic (exact) mass is 267 g/mol. The Balaban J connectivity index is 1.71. The van der Waals surface area contributed by atoms with Gasteiger partial charge in [0.25, 0.3) is 0 Å². The molecule has 0 fully saturated rings. The standard InChI is InChI=1S/C16H17N3O/c20-12-15(13-6-2-1-3-7-13)17-10-14-11-19-9-5-4-8-16(19)18-14/h1-9,11,15,17,20H,10,12H2. The van der Waals surface area contributed by atoms with Crippen molar-refractivity contribution < 1.29 is 5.11 Å². The van der Waals surface area contributed by atoms with Crippen LogP contribution in [0.15, 0.2) is 60.9 Å². The van der Waals surface area contributed by atoms with E-state index in [0.717, 1.165) is 16.9 Å². The van der Waals surface area contributed by atoms with Crippen molar-refractivity contribution in [1.82, 2.24) is 14.7 Å². The van der Waals surface area contributed by atoms with Crippen molar-refractivity contribution in [3.05, 3.63) is 72.2 Å². The van der Waals surface area contributed by atoms with Gasteiger partial charge in [0.2, 0.25) is 0 Å². The quantitative estimate of drug-likeness (QED) is 0.745. The summed E-state index contributed by atoms with van der Waals surface area (Å²) < 4.78 is 1.99. The number of imidazole rings is 1. The topological polar surface area (TPSA) is 49.6 Å². The molecule has 1 unspecified atom stereocenters. The molecule has 20 heavy (non-hydrogen) atoms. The number of nitrogens with zero attached hydrogens (tertiary/aromatic N) is 2. The highest BCUT2D eigenvalue weighted by Gasteiger charge is 2.10. The van der Waals surface area contributed by atoms with Crippen molar-refractivity contribution in [3.8, 4) is 0 Å². The van der Waals surface area contributed by atoms with Crippen LogP contribution in [0.3, 0.4) is 0 Å². The Bertz CT molecular complexity index is 645. The number of aliphatic hydroxyl groups is 1. The zero-order valence-corrected chi connectivity index (χ0v) is 11.1. The van der Waals surface area contributed by atoms with Crippen molar-refractivity contribution in [1.29, 1.82) is 0 Å². The maximum absolute atomic E-state index is 9.51. The molecule has 4 heteroatoms. The molecule has 102 valence electrons. The number of benzene rings is 1. The van der Waals surface area contributed by atoms with Gasteiger partial charge in [-0.15, -0.1) is 0 Å². The fourth-order valence-electron chi connectivity index (χ4n) is 2.27. The van der Waals surface area contributed by atoms with Crippen molar-refractivity contribution in [2.24, 2.45) is 0 Å². The van der Waals surface area contributed by atoms with Crippen LogP contribution in [0.25, 0.3) is 5.65 Å². The van der Waals surface area contributed by atoms with E-state index in [0.29, 0.717) is 6.54 Å². The summed E-state index contributed by atoms with van der Waals surface area (Å²) in [6.45, 7) is 0.694. The van der Waals surface area contributed by atoms with Gasteiger partial charge in [-0.05, 0) is 17.7 Å². The van der Waals surface area contributed by atoms with Gasteiger partial charge >= 0.3 is 0 Å². The Morgan fingerprint density at radius 1 is 1.10 bits per heavy atom. The van der Waals surface area contributed by atoms with Crippen LogP contribution < -0.4 is 5.32 Å². The molecule has 0 spiro atoms. The number of rotatable bonds is 5. The number of hydrogen-bond donors (Lipinski definition) is 2. The molecule has 0 saturated carbocycles. The SMILES string of the molecule is OCC(NCc1cn2ccccc2n1)c1ccccc1. The molecule has 0 radical (unpaired) electrons. The molecule has 0 aliphatic heterocycles. The van der Waals surface area contributed by atoms with Gasteiger partial charge in [0.15, 0.2) is 0 Å². The Morgan fingerprint density at radius 2 is 1.90 bits per heavy atom. The highest BCUT2D eigenvalue weighted by Crippen LogP contribution is 2.13. The molecule has 2 aromatic heterocycles. The normalized spacial score (nSPS) is 12.7. The van der Waals surface area contributed by atoms with Crippen LogP contribution in [0.4, 0.5) is 0 Å². The summed E-state index contributed by atoms with van der Waals surface area (Å²) in [6, 6.07) is 15.8. The molecule has 2 N–H and O–H groups in total. The van der Waals surface area contributed by atoms with Crippen LogP contribution in [0, 0.1) is 0 Å². The van der Waals surface area contributed by atoms with Crippen LogP contribution in [0.2, 0.25) is 0 Å². The molecule has 3 rings (SSSR count). The molecule has 1 aromatic carbocycles. The zero-order valence-electron chi connectivity index (χ0n) is 11.1. The molecular weight excluding hydrogens is 250 g/mol. The van der Waals surface area contributed by atoms with Crippen molar-refractivity contribution in [2.45, 2.75) is 12.6 Å². The van der Waals surface area contributed by atoms with Gasteiger partial charge in [-0.3, -0.25) is 0 Å². The van der Waals surface area contributed by atoms with E-state index >= 15 is 0 Å². The second-order valence-electron chi connectivity index (χ2n) is 4.73. The fraction of sp³-hybridized carbons (Fsp3) is 0.188. The summed E-state index contributed by atoms with van der Waals surface area (Å²) in [5, 5.41) is 12.8. The van der Waals surface area contributed by atoms with Crippen LogP contribution in [0.5, 0.6) is 0 Å². The van der Waals surface area contributed by atoms with E-state index < -0.39 is 0 Å². The van der Waals surface area contributed by atoms with Crippen molar-refractivity contribution in [2.75, 3.05) is 6.61 Å². The van der Waals surface area contributed by atoms with E-state index in [1.165, 1.54) is 0 Å². The number of pyridine rings is 1. The largest absolute Gasteiger partial charge is 0.394 e. The maximum atomic E-state index is 9.51. The van der Waals surface area contributed by atoms with Gasteiger partial charge in [-0.25, -0.2) is 4.98 Å². The summed E-state index contributed by atoms with van der Waals surface area (Å²) in [5.74, 6) is 0. The lowest BCUT2D eigenvalue weighted by Gasteiger charge is -2.15. The minimum absolute atomic E-state index is 0.0668. The number of aromatic nitrogens is 2. The molecule has 2 heterocycles. The smallest absolute Gasteiger partial charge is 0.137 e.